The van der Waals surface area contributed by atoms with Crippen molar-refractivity contribution < 1.29 is 4.74 Å². The van der Waals surface area contributed by atoms with Crippen molar-refractivity contribution in [3.05, 3.63) is 23.4 Å². The van der Waals surface area contributed by atoms with Gasteiger partial charge in [0.1, 0.15) is 5.82 Å². The van der Waals surface area contributed by atoms with Crippen molar-refractivity contribution >= 4 is 17.4 Å². The van der Waals surface area contributed by atoms with Gasteiger partial charge in [-0.3, -0.25) is 0 Å². The highest BCUT2D eigenvalue weighted by molar-refractivity contribution is 6.17. The Kier molecular flexibility index (Phi) is 4.84. The van der Waals surface area contributed by atoms with E-state index in [4.69, 9.17) is 21.3 Å². The molecule has 1 aromatic rings. The molecule has 4 heteroatoms. The van der Waals surface area contributed by atoms with E-state index in [-0.39, 0.29) is 11.0 Å². The zero-order valence-corrected chi connectivity index (χ0v) is 14.6. The molecular formula is C17H27ClN2O. The third-order valence-corrected chi connectivity index (χ3v) is 4.58. The molecular weight excluding hydrogens is 284 g/mol. The summed E-state index contributed by atoms with van der Waals surface area (Å²) in [6.45, 7) is 10.6. The number of nitrogens with zero attached hydrogens (tertiary/aromatic N) is 2. The van der Waals surface area contributed by atoms with E-state index in [2.05, 4.69) is 44.7 Å². The van der Waals surface area contributed by atoms with Gasteiger partial charge in [0, 0.05) is 37.2 Å². The fraction of sp³-hybridized carbons (Fsp3) is 0.706. The summed E-state index contributed by atoms with van der Waals surface area (Å²) in [6, 6.07) is 4.24. The number of pyridine rings is 1. The molecule has 1 aliphatic rings. The van der Waals surface area contributed by atoms with Crippen molar-refractivity contribution in [1.82, 2.24) is 4.98 Å². The van der Waals surface area contributed by atoms with E-state index in [1.807, 2.05) is 0 Å². The SMILES string of the molecule is COC1(C)CCCN(c2cc(CCl)cc(C(C)(C)C)n2)C1. The van der Waals surface area contributed by atoms with Crippen LogP contribution in [-0.2, 0) is 16.0 Å². The average molecular weight is 311 g/mol. The van der Waals surface area contributed by atoms with E-state index in [0.717, 1.165) is 43.0 Å². The molecule has 118 valence electrons. The topological polar surface area (TPSA) is 25.4 Å². The Labute approximate surface area is 133 Å². The number of methoxy groups -OCH3 is 1. The van der Waals surface area contributed by atoms with Gasteiger partial charge in [0.25, 0.3) is 0 Å². The van der Waals surface area contributed by atoms with E-state index in [1.54, 1.807) is 7.11 Å². The minimum atomic E-state index is -0.0845. The predicted octanol–water partition coefficient (Wildman–Crippen LogP) is 4.12. The van der Waals surface area contributed by atoms with Gasteiger partial charge in [-0.2, -0.15) is 0 Å². The number of hydrogen-bond donors (Lipinski definition) is 0. The van der Waals surface area contributed by atoms with E-state index in [9.17, 15) is 0 Å². The molecule has 0 amide bonds. The number of alkyl halides is 1. The second-order valence-electron chi connectivity index (χ2n) is 7.28. The molecule has 0 saturated carbocycles. The summed E-state index contributed by atoms with van der Waals surface area (Å²) in [5.74, 6) is 1.55. The van der Waals surface area contributed by atoms with Crippen LogP contribution < -0.4 is 4.90 Å². The maximum absolute atomic E-state index is 6.07. The minimum Gasteiger partial charge on any atom is -0.377 e. The zero-order chi connectivity index (χ0) is 15.7. The molecule has 3 nitrogen and oxygen atoms in total. The Morgan fingerprint density at radius 3 is 2.67 bits per heavy atom. The molecule has 1 saturated heterocycles. The number of rotatable bonds is 3. The summed E-state index contributed by atoms with van der Waals surface area (Å²) >= 11 is 6.07. The molecule has 2 heterocycles. The van der Waals surface area contributed by atoms with E-state index in [1.165, 1.54) is 0 Å². The molecule has 0 spiro atoms. The van der Waals surface area contributed by atoms with Gasteiger partial charge in [0.15, 0.2) is 0 Å². The number of aromatic nitrogens is 1. The number of anilines is 1. The van der Waals surface area contributed by atoms with Crippen LogP contribution in [0, 0.1) is 0 Å². The summed E-state index contributed by atoms with van der Waals surface area (Å²) in [4.78, 5) is 7.22. The van der Waals surface area contributed by atoms with E-state index < -0.39 is 0 Å². The second kappa shape index (κ2) is 6.13. The molecule has 1 atom stereocenters. The van der Waals surface area contributed by atoms with Crippen LogP contribution in [0.4, 0.5) is 5.82 Å². The lowest BCUT2D eigenvalue weighted by Crippen LogP contribution is -2.47. The Morgan fingerprint density at radius 1 is 1.38 bits per heavy atom. The Hall–Kier alpha value is -0.800. The smallest absolute Gasteiger partial charge is 0.129 e. The van der Waals surface area contributed by atoms with Crippen LogP contribution in [0.5, 0.6) is 0 Å². The van der Waals surface area contributed by atoms with Gasteiger partial charge in [-0.05, 0) is 37.5 Å². The predicted molar refractivity (Wildman–Crippen MR) is 89.4 cm³/mol. The van der Waals surface area contributed by atoms with Gasteiger partial charge in [-0.25, -0.2) is 4.98 Å². The lowest BCUT2D eigenvalue weighted by molar-refractivity contribution is -0.00482. The van der Waals surface area contributed by atoms with Crippen molar-refractivity contribution in [2.45, 2.75) is 57.4 Å². The monoisotopic (exact) mass is 310 g/mol. The van der Waals surface area contributed by atoms with Gasteiger partial charge in [-0.1, -0.05) is 20.8 Å². The highest BCUT2D eigenvalue weighted by Gasteiger charge is 2.32. The molecule has 0 N–H and O–H groups in total. The number of ether oxygens (including phenoxy) is 1. The zero-order valence-electron chi connectivity index (χ0n) is 13.9. The lowest BCUT2D eigenvalue weighted by atomic mass is 9.90. The van der Waals surface area contributed by atoms with Crippen molar-refractivity contribution in [3.8, 4) is 0 Å². The van der Waals surface area contributed by atoms with Crippen LogP contribution in [0.1, 0.15) is 51.8 Å². The fourth-order valence-electron chi connectivity index (χ4n) is 2.76. The number of piperidine rings is 1. The number of hydrogen-bond acceptors (Lipinski definition) is 3. The fourth-order valence-corrected chi connectivity index (χ4v) is 2.92. The van der Waals surface area contributed by atoms with Gasteiger partial charge >= 0.3 is 0 Å². The largest absolute Gasteiger partial charge is 0.377 e. The third-order valence-electron chi connectivity index (χ3n) is 4.27. The molecule has 1 unspecified atom stereocenters. The van der Waals surface area contributed by atoms with Crippen molar-refractivity contribution in [3.63, 3.8) is 0 Å². The maximum atomic E-state index is 6.07. The van der Waals surface area contributed by atoms with Gasteiger partial charge in [0.2, 0.25) is 0 Å². The van der Waals surface area contributed by atoms with Crippen LogP contribution in [0.15, 0.2) is 12.1 Å². The van der Waals surface area contributed by atoms with Crippen molar-refractivity contribution in [1.29, 1.82) is 0 Å². The molecule has 0 aromatic carbocycles. The summed E-state index contributed by atoms with van der Waals surface area (Å²) in [6.07, 6.45) is 2.23. The average Bonchev–Trinajstić information content (AvgIpc) is 2.46. The molecule has 0 radical (unpaired) electrons. The molecule has 1 aromatic heterocycles. The lowest BCUT2D eigenvalue weighted by Gasteiger charge is -2.40. The summed E-state index contributed by atoms with van der Waals surface area (Å²) in [5, 5.41) is 0. The van der Waals surface area contributed by atoms with Crippen LogP contribution >= 0.6 is 11.6 Å². The van der Waals surface area contributed by atoms with Crippen LogP contribution in [0.3, 0.4) is 0 Å². The normalized spacial score (nSPS) is 23.4. The summed E-state index contributed by atoms with van der Waals surface area (Å²) < 4.78 is 5.69. The summed E-state index contributed by atoms with van der Waals surface area (Å²) in [7, 11) is 1.80. The Bertz CT molecular complexity index is 498. The molecule has 0 aliphatic carbocycles. The highest BCUT2D eigenvalue weighted by atomic mass is 35.5. The van der Waals surface area contributed by atoms with Crippen LogP contribution in [0.25, 0.3) is 0 Å². The van der Waals surface area contributed by atoms with Crippen LogP contribution in [0.2, 0.25) is 0 Å². The Morgan fingerprint density at radius 2 is 2.10 bits per heavy atom. The first kappa shape index (κ1) is 16.6. The quantitative estimate of drug-likeness (QED) is 0.785. The highest BCUT2D eigenvalue weighted by Crippen LogP contribution is 2.30. The first-order chi connectivity index (χ1) is 9.77. The van der Waals surface area contributed by atoms with Gasteiger partial charge < -0.3 is 9.64 Å². The van der Waals surface area contributed by atoms with Crippen LogP contribution in [-0.4, -0.2) is 30.8 Å². The van der Waals surface area contributed by atoms with Crippen molar-refractivity contribution in [2.75, 3.05) is 25.1 Å². The first-order valence-corrected chi connectivity index (χ1v) is 8.18. The first-order valence-electron chi connectivity index (χ1n) is 7.65. The second-order valence-corrected chi connectivity index (χ2v) is 7.55. The third kappa shape index (κ3) is 3.89. The molecule has 0 bridgehead atoms. The minimum absolute atomic E-state index is 0.0250. The van der Waals surface area contributed by atoms with Gasteiger partial charge in [-0.15, -0.1) is 11.6 Å². The molecule has 1 aliphatic heterocycles. The Balaban J connectivity index is 2.34. The maximum Gasteiger partial charge on any atom is 0.129 e. The van der Waals surface area contributed by atoms with Crippen molar-refractivity contribution in [2.24, 2.45) is 0 Å². The molecule has 21 heavy (non-hydrogen) atoms. The van der Waals surface area contributed by atoms with Gasteiger partial charge in [0.05, 0.1) is 5.60 Å². The standard InChI is InChI=1S/C17H27ClN2O/c1-16(2,3)14-9-13(11-18)10-15(19-14)20-8-6-7-17(4,12-20)21-5/h9-10H,6-8,11-12H2,1-5H3. The van der Waals surface area contributed by atoms with E-state index >= 15 is 0 Å². The summed E-state index contributed by atoms with van der Waals surface area (Å²) in [5.41, 5.74) is 2.17. The number of halogens is 1. The molecule has 1 fully saturated rings. The molecule has 2 rings (SSSR count). The van der Waals surface area contributed by atoms with E-state index in [0.29, 0.717) is 5.88 Å².